The average molecular weight is 456 g/mol. The number of halogens is 3. The van der Waals surface area contributed by atoms with E-state index in [1.807, 2.05) is 6.92 Å². The second-order valence-corrected chi connectivity index (χ2v) is 7.22. The van der Waals surface area contributed by atoms with E-state index in [9.17, 15) is 22.8 Å². The zero-order valence-electron chi connectivity index (χ0n) is 17.5. The summed E-state index contributed by atoms with van der Waals surface area (Å²) in [6.07, 6.45) is -4.61. The number of rotatable bonds is 6. The van der Waals surface area contributed by atoms with Crippen molar-refractivity contribution < 1.29 is 32.2 Å². The van der Waals surface area contributed by atoms with Gasteiger partial charge in [-0.2, -0.15) is 13.2 Å². The first kappa shape index (κ1) is 22.2. The number of alkyl halides is 3. The average Bonchev–Trinajstić information content (AvgIpc) is 3.16. The summed E-state index contributed by atoms with van der Waals surface area (Å²) in [5.41, 5.74) is 0.141. The molecule has 4 rings (SSSR count). The van der Waals surface area contributed by atoms with Crippen molar-refractivity contribution in [1.82, 2.24) is 5.32 Å². The Morgan fingerprint density at radius 2 is 1.76 bits per heavy atom. The Hall–Kier alpha value is -4.01. The molecule has 0 aliphatic carbocycles. The highest BCUT2D eigenvalue weighted by Gasteiger charge is 2.31. The first-order valence-electron chi connectivity index (χ1n) is 10.1. The lowest BCUT2D eigenvalue weighted by Crippen LogP contribution is -2.15. The van der Waals surface area contributed by atoms with E-state index in [-0.39, 0.29) is 22.9 Å². The van der Waals surface area contributed by atoms with Crippen molar-refractivity contribution in [3.63, 3.8) is 0 Å². The van der Waals surface area contributed by atoms with Gasteiger partial charge >= 0.3 is 6.18 Å². The lowest BCUT2D eigenvalue weighted by Gasteiger charge is -2.16. The van der Waals surface area contributed by atoms with E-state index in [2.05, 4.69) is 10.6 Å². The highest BCUT2D eigenvalue weighted by Crippen LogP contribution is 2.37. The van der Waals surface area contributed by atoms with Gasteiger partial charge in [-0.3, -0.25) is 9.59 Å². The minimum atomic E-state index is -4.61. The summed E-state index contributed by atoms with van der Waals surface area (Å²) >= 11 is 0. The summed E-state index contributed by atoms with van der Waals surface area (Å²) < 4.78 is 51.0. The minimum Gasteiger partial charge on any atom is -0.494 e. The van der Waals surface area contributed by atoms with E-state index in [4.69, 9.17) is 9.47 Å². The summed E-state index contributed by atoms with van der Waals surface area (Å²) in [5, 5.41) is 5.13. The number of benzene rings is 3. The third-order valence-corrected chi connectivity index (χ3v) is 4.97. The number of anilines is 1. The molecule has 0 spiro atoms. The highest BCUT2D eigenvalue weighted by molar-refractivity contribution is 6.07. The lowest BCUT2D eigenvalue weighted by atomic mass is 10.1. The molecular formula is C24H19F3N2O4. The molecule has 3 aromatic carbocycles. The van der Waals surface area contributed by atoms with Crippen LogP contribution in [0.4, 0.5) is 18.9 Å². The Balaban J connectivity index is 1.63. The van der Waals surface area contributed by atoms with Crippen molar-refractivity contribution in [2.24, 2.45) is 0 Å². The summed E-state index contributed by atoms with van der Waals surface area (Å²) in [5.74, 6) is 0.0142. The van der Waals surface area contributed by atoms with Crippen molar-refractivity contribution in [3.05, 3.63) is 82.9 Å². The SMILES string of the molecule is CCOc1ccc(Oc2ccc(C(F)(F)F)cc2NC(=O)c2ccc3c(c2)C(=O)NC3)cc1. The van der Waals surface area contributed by atoms with E-state index in [0.717, 1.165) is 23.8 Å². The molecule has 1 aliphatic heterocycles. The number of carbonyl (C=O) groups excluding carboxylic acids is 2. The number of fused-ring (bicyclic) bond motifs is 1. The monoisotopic (exact) mass is 456 g/mol. The largest absolute Gasteiger partial charge is 0.494 e. The zero-order valence-corrected chi connectivity index (χ0v) is 17.5. The Morgan fingerprint density at radius 3 is 2.45 bits per heavy atom. The molecule has 9 heteroatoms. The van der Waals surface area contributed by atoms with Gasteiger partial charge in [0.15, 0.2) is 5.75 Å². The van der Waals surface area contributed by atoms with Crippen molar-refractivity contribution >= 4 is 17.5 Å². The standard InChI is InChI=1S/C24H19F3N2O4/c1-2-32-17-6-8-18(9-7-17)33-21-10-5-16(24(25,26)27)12-20(21)29-22(30)14-3-4-15-13-28-23(31)19(15)11-14/h3-12H,2,13H2,1H3,(H,28,31)(H,29,30). The van der Waals surface area contributed by atoms with E-state index in [1.54, 1.807) is 30.3 Å². The van der Waals surface area contributed by atoms with Crippen molar-refractivity contribution in [2.45, 2.75) is 19.6 Å². The third-order valence-electron chi connectivity index (χ3n) is 4.97. The van der Waals surface area contributed by atoms with E-state index >= 15 is 0 Å². The molecule has 3 aromatic rings. The zero-order chi connectivity index (χ0) is 23.6. The van der Waals surface area contributed by atoms with Crippen LogP contribution in [0.5, 0.6) is 17.2 Å². The van der Waals surface area contributed by atoms with Crippen LogP contribution in [0.3, 0.4) is 0 Å². The van der Waals surface area contributed by atoms with Gasteiger partial charge in [-0.15, -0.1) is 0 Å². The van der Waals surface area contributed by atoms with Crippen LogP contribution < -0.4 is 20.1 Å². The number of carbonyl (C=O) groups is 2. The molecule has 6 nitrogen and oxygen atoms in total. The predicted octanol–water partition coefficient (Wildman–Crippen LogP) is 5.39. The van der Waals surface area contributed by atoms with Gasteiger partial charge in [0.05, 0.1) is 17.9 Å². The quantitative estimate of drug-likeness (QED) is 0.521. The number of hydrogen-bond acceptors (Lipinski definition) is 4. The fraction of sp³-hybridized carbons (Fsp3) is 0.167. The van der Waals surface area contributed by atoms with Gasteiger partial charge in [-0.25, -0.2) is 0 Å². The number of nitrogens with one attached hydrogen (secondary N) is 2. The molecule has 0 saturated carbocycles. The first-order valence-corrected chi connectivity index (χ1v) is 10.1. The predicted molar refractivity (Wildman–Crippen MR) is 115 cm³/mol. The van der Waals surface area contributed by atoms with Gasteiger partial charge < -0.3 is 20.1 Å². The van der Waals surface area contributed by atoms with Gasteiger partial charge in [0.1, 0.15) is 11.5 Å². The van der Waals surface area contributed by atoms with E-state index in [0.29, 0.717) is 30.2 Å². The molecule has 0 aromatic heterocycles. The second kappa shape index (κ2) is 8.85. The second-order valence-electron chi connectivity index (χ2n) is 7.22. The molecular weight excluding hydrogens is 437 g/mol. The van der Waals surface area contributed by atoms with Crippen LogP contribution in [0.15, 0.2) is 60.7 Å². The Labute approximate surface area is 187 Å². The minimum absolute atomic E-state index is 0.0272. The Bertz CT molecular complexity index is 1210. The van der Waals surface area contributed by atoms with Crippen molar-refractivity contribution in [1.29, 1.82) is 0 Å². The molecule has 0 bridgehead atoms. The Kier molecular flexibility index (Phi) is 5.95. The maximum Gasteiger partial charge on any atom is 0.416 e. The number of hydrogen-bond donors (Lipinski definition) is 2. The molecule has 0 atom stereocenters. The molecule has 170 valence electrons. The van der Waals surface area contributed by atoms with Gasteiger partial charge in [0.2, 0.25) is 0 Å². The molecule has 2 N–H and O–H groups in total. The van der Waals surface area contributed by atoms with Crippen LogP contribution in [0.2, 0.25) is 0 Å². The van der Waals surface area contributed by atoms with Crippen LogP contribution in [-0.2, 0) is 12.7 Å². The van der Waals surface area contributed by atoms with Crippen molar-refractivity contribution in [2.75, 3.05) is 11.9 Å². The van der Waals surface area contributed by atoms with Crippen LogP contribution >= 0.6 is 0 Å². The molecule has 33 heavy (non-hydrogen) atoms. The van der Waals surface area contributed by atoms with Crippen LogP contribution in [0.25, 0.3) is 0 Å². The molecule has 0 saturated heterocycles. The molecule has 1 heterocycles. The van der Waals surface area contributed by atoms with Crippen molar-refractivity contribution in [3.8, 4) is 17.2 Å². The molecule has 1 aliphatic rings. The fourth-order valence-electron chi connectivity index (χ4n) is 3.34. The lowest BCUT2D eigenvalue weighted by molar-refractivity contribution is -0.137. The summed E-state index contributed by atoms with van der Waals surface area (Å²) in [7, 11) is 0. The smallest absolute Gasteiger partial charge is 0.416 e. The number of ether oxygens (including phenoxy) is 2. The summed E-state index contributed by atoms with van der Waals surface area (Å²) in [4.78, 5) is 24.7. The molecule has 2 amide bonds. The topological polar surface area (TPSA) is 76.7 Å². The van der Waals surface area contributed by atoms with Gasteiger partial charge in [-0.05, 0) is 67.1 Å². The van der Waals surface area contributed by atoms with Gasteiger partial charge in [0.25, 0.3) is 11.8 Å². The van der Waals surface area contributed by atoms with Gasteiger partial charge in [-0.1, -0.05) is 6.07 Å². The number of amides is 2. The maximum atomic E-state index is 13.3. The third kappa shape index (κ3) is 4.92. The molecule has 0 radical (unpaired) electrons. The molecule has 0 unspecified atom stereocenters. The molecule has 0 fully saturated rings. The van der Waals surface area contributed by atoms with E-state index in [1.165, 1.54) is 12.1 Å². The van der Waals surface area contributed by atoms with Crippen LogP contribution in [0.1, 0.15) is 38.8 Å². The summed E-state index contributed by atoms with van der Waals surface area (Å²) in [6, 6.07) is 13.9. The normalized spacial score (nSPS) is 12.7. The van der Waals surface area contributed by atoms with Gasteiger partial charge in [0, 0.05) is 17.7 Å². The van der Waals surface area contributed by atoms with Crippen LogP contribution in [-0.4, -0.2) is 18.4 Å². The first-order chi connectivity index (χ1) is 15.7. The van der Waals surface area contributed by atoms with E-state index < -0.39 is 17.6 Å². The van der Waals surface area contributed by atoms with Crippen LogP contribution in [0, 0.1) is 0 Å². The Morgan fingerprint density at radius 1 is 1.03 bits per heavy atom. The maximum absolute atomic E-state index is 13.3. The summed E-state index contributed by atoms with van der Waals surface area (Å²) in [6.45, 7) is 2.69. The highest BCUT2D eigenvalue weighted by atomic mass is 19.4. The fourth-order valence-corrected chi connectivity index (χ4v) is 3.34.